The standard InChI is InChI=1S/C14H14ClN3O5S2/c1-25(22,23)17-6-4-16(5-7-17)14(19)13-12(15)10-3-2-9(18(20)21)8-11(10)24-13/h2-3,8H,4-7H2,1H3. The van der Waals surface area contributed by atoms with Crippen LogP contribution in [0.4, 0.5) is 5.69 Å². The number of nitro groups is 1. The summed E-state index contributed by atoms with van der Waals surface area (Å²) in [7, 11) is -3.27. The predicted molar refractivity (Wildman–Crippen MR) is 95.8 cm³/mol. The van der Waals surface area contributed by atoms with Gasteiger partial charge < -0.3 is 4.90 Å². The van der Waals surface area contributed by atoms with Crippen LogP contribution in [0.15, 0.2) is 18.2 Å². The molecule has 0 atom stereocenters. The van der Waals surface area contributed by atoms with Crippen molar-refractivity contribution in [1.82, 2.24) is 9.21 Å². The fraction of sp³-hybridized carbons (Fsp3) is 0.357. The first-order valence-electron chi connectivity index (χ1n) is 7.29. The second-order valence-corrected chi connectivity index (χ2v) is 9.05. The van der Waals surface area contributed by atoms with Gasteiger partial charge in [-0.1, -0.05) is 11.6 Å². The molecule has 134 valence electrons. The molecule has 0 unspecified atom stereocenters. The monoisotopic (exact) mass is 403 g/mol. The van der Waals surface area contributed by atoms with Crippen molar-refractivity contribution >= 4 is 54.6 Å². The van der Waals surface area contributed by atoms with E-state index in [1.807, 2.05) is 0 Å². The number of benzene rings is 1. The Balaban J connectivity index is 1.85. The number of non-ortho nitro benzene ring substituents is 1. The molecule has 1 saturated heterocycles. The number of carbonyl (C=O) groups excluding carboxylic acids is 1. The fourth-order valence-corrected chi connectivity index (χ4v) is 5.01. The van der Waals surface area contributed by atoms with E-state index in [0.29, 0.717) is 15.0 Å². The van der Waals surface area contributed by atoms with Gasteiger partial charge in [-0.3, -0.25) is 14.9 Å². The summed E-state index contributed by atoms with van der Waals surface area (Å²) in [4.78, 5) is 25.0. The molecule has 0 bridgehead atoms. The zero-order valence-electron chi connectivity index (χ0n) is 13.1. The first kappa shape index (κ1) is 18.1. The summed E-state index contributed by atoms with van der Waals surface area (Å²) in [5.74, 6) is -0.290. The molecular weight excluding hydrogens is 390 g/mol. The number of nitro benzene ring substituents is 1. The van der Waals surface area contributed by atoms with Crippen LogP contribution >= 0.6 is 22.9 Å². The number of thiophene rings is 1. The van der Waals surface area contributed by atoms with E-state index < -0.39 is 14.9 Å². The van der Waals surface area contributed by atoms with Gasteiger partial charge >= 0.3 is 0 Å². The zero-order valence-corrected chi connectivity index (χ0v) is 15.5. The van der Waals surface area contributed by atoms with Crippen LogP contribution in [0.25, 0.3) is 10.1 Å². The molecule has 1 aromatic heterocycles. The molecule has 1 aliphatic heterocycles. The molecule has 1 aromatic carbocycles. The molecule has 0 spiro atoms. The summed E-state index contributed by atoms with van der Waals surface area (Å²) in [6.45, 7) is 1.02. The van der Waals surface area contributed by atoms with Crippen molar-refractivity contribution in [3.63, 3.8) is 0 Å². The Labute approximate surface area is 152 Å². The number of nitrogens with zero attached hydrogens (tertiary/aromatic N) is 3. The highest BCUT2D eigenvalue weighted by atomic mass is 35.5. The minimum atomic E-state index is -3.27. The van der Waals surface area contributed by atoms with Gasteiger partial charge in [-0.25, -0.2) is 8.42 Å². The maximum atomic E-state index is 12.7. The molecule has 1 fully saturated rings. The largest absolute Gasteiger partial charge is 0.335 e. The van der Waals surface area contributed by atoms with Crippen LogP contribution in [0, 0.1) is 10.1 Å². The Morgan fingerprint density at radius 2 is 1.92 bits per heavy atom. The molecule has 1 amide bonds. The quantitative estimate of drug-likeness (QED) is 0.577. The number of halogens is 1. The zero-order chi connectivity index (χ0) is 18.4. The number of hydrogen-bond donors (Lipinski definition) is 0. The Bertz CT molecular complexity index is 964. The van der Waals surface area contributed by atoms with Gasteiger partial charge in [0.05, 0.1) is 16.2 Å². The summed E-state index contributed by atoms with van der Waals surface area (Å²) in [5.41, 5.74) is -0.0637. The SMILES string of the molecule is CS(=O)(=O)N1CCN(C(=O)c2sc3cc([N+](=O)[O-])ccc3c2Cl)CC1. The fourth-order valence-electron chi connectivity index (χ4n) is 2.67. The lowest BCUT2D eigenvalue weighted by atomic mass is 10.2. The molecule has 25 heavy (non-hydrogen) atoms. The summed E-state index contributed by atoms with van der Waals surface area (Å²) in [5, 5.41) is 11.7. The molecule has 8 nitrogen and oxygen atoms in total. The summed E-state index contributed by atoms with van der Waals surface area (Å²) in [6.07, 6.45) is 1.14. The van der Waals surface area contributed by atoms with Crippen LogP contribution in [-0.4, -0.2) is 60.9 Å². The van der Waals surface area contributed by atoms with Crippen molar-refractivity contribution in [2.75, 3.05) is 32.4 Å². The van der Waals surface area contributed by atoms with Crippen LogP contribution in [0.2, 0.25) is 5.02 Å². The first-order chi connectivity index (χ1) is 11.7. The number of carbonyl (C=O) groups is 1. The third-order valence-electron chi connectivity index (χ3n) is 4.01. The third kappa shape index (κ3) is 3.47. The van der Waals surface area contributed by atoms with Gasteiger partial charge in [0.25, 0.3) is 11.6 Å². The lowest BCUT2D eigenvalue weighted by Gasteiger charge is -2.33. The van der Waals surface area contributed by atoms with Gasteiger partial charge in [-0.2, -0.15) is 4.31 Å². The van der Waals surface area contributed by atoms with E-state index in [0.717, 1.165) is 17.6 Å². The Morgan fingerprint density at radius 3 is 2.48 bits per heavy atom. The first-order valence-corrected chi connectivity index (χ1v) is 10.3. The maximum absolute atomic E-state index is 12.7. The highest BCUT2D eigenvalue weighted by Crippen LogP contribution is 2.38. The minimum absolute atomic E-state index is 0.0637. The van der Waals surface area contributed by atoms with Crippen molar-refractivity contribution in [2.24, 2.45) is 0 Å². The lowest BCUT2D eigenvalue weighted by Crippen LogP contribution is -2.50. The Hall–Kier alpha value is -1.75. The molecule has 1 aliphatic rings. The highest BCUT2D eigenvalue weighted by molar-refractivity contribution is 7.88. The van der Waals surface area contributed by atoms with E-state index in [1.165, 1.54) is 22.5 Å². The van der Waals surface area contributed by atoms with Gasteiger partial charge in [-0.15, -0.1) is 11.3 Å². The lowest BCUT2D eigenvalue weighted by molar-refractivity contribution is -0.384. The summed E-state index contributed by atoms with van der Waals surface area (Å²) < 4.78 is 25.0. The van der Waals surface area contributed by atoms with Gasteiger partial charge in [0.15, 0.2) is 0 Å². The number of amides is 1. The van der Waals surface area contributed by atoms with Crippen molar-refractivity contribution in [2.45, 2.75) is 0 Å². The average molecular weight is 404 g/mol. The van der Waals surface area contributed by atoms with Crippen LogP contribution < -0.4 is 0 Å². The van der Waals surface area contributed by atoms with Gasteiger partial charge in [0.2, 0.25) is 10.0 Å². The number of rotatable bonds is 3. The normalized spacial score (nSPS) is 16.3. The van der Waals surface area contributed by atoms with Crippen LogP contribution in [-0.2, 0) is 10.0 Å². The molecule has 0 N–H and O–H groups in total. The minimum Gasteiger partial charge on any atom is -0.335 e. The van der Waals surface area contributed by atoms with E-state index in [4.69, 9.17) is 11.6 Å². The molecular formula is C14H14ClN3O5S2. The van der Waals surface area contributed by atoms with Crippen molar-refractivity contribution in [3.8, 4) is 0 Å². The molecule has 2 aromatic rings. The van der Waals surface area contributed by atoms with E-state index in [1.54, 1.807) is 4.90 Å². The van der Waals surface area contributed by atoms with Crippen molar-refractivity contribution in [1.29, 1.82) is 0 Å². The van der Waals surface area contributed by atoms with Crippen LogP contribution in [0.1, 0.15) is 9.67 Å². The maximum Gasteiger partial charge on any atom is 0.270 e. The molecule has 11 heteroatoms. The van der Waals surface area contributed by atoms with Crippen molar-refractivity contribution < 1.29 is 18.1 Å². The number of piperazine rings is 1. The van der Waals surface area contributed by atoms with Gasteiger partial charge in [0.1, 0.15) is 4.88 Å². The smallest absolute Gasteiger partial charge is 0.270 e. The summed E-state index contributed by atoms with van der Waals surface area (Å²) in [6, 6.07) is 4.27. The topological polar surface area (TPSA) is 101 Å². The molecule has 2 heterocycles. The van der Waals surface area contributed by atoms with Crippen LogP contribution in [0.5, 0.6) is 0 Å². The molecule has 0 aliphatic carbocycles. The van der Waals surface area contributed by atoms with E-state index in [-0.39, 0.29) is 42.8 Å². The van der Waals surface area contributed by atoms with Gasteiger partial charge in [-0.05, 0) is 6.07 Å². The highest BCUT2D eigenvalue weighted by Gasteiger charge is 2.29. The molecule has 0 saturated carbocycles. The second-order valence-electron chi connectivity index (χ2n) is 5.64. The average Bonchev–Trinajstić information content (AvgIpc) is 2.90. The Morgan fingerprint density at radius 1 is 1.28 bits per heavy atom. The number of hydrogen-bond acceptors (Lipinski definition) is 6. The third-order valence-corrected chi connectivity index (χ3v) is 6.96. The van der Waals surface area contributed by atoms with Gasteiger partial charge in [0, 0.05) is 48.4 Å². The summed E-state index contributed by atoms with van der Waals surface area (Å²) >= 11 is 7.40. The molecule has 3 rings (SSSR count). The van der Waals surface area contributed by atoms with Crippen molar-refractivity contribution in [3.05, 3.63) is 38.2 Å². The van der Waals surface area contributed by atoms with Crippen LogP contribution in [0.3, 0.4) is 0 Å². The second kappa shape index (κ2) is 6.52. The number of fused-ring (bicyclic) bond motifs is 1. The predicted octanol–water partition coefficient (Wildman–Crippen LogP) is 2.18. The Kier molecular flexibility index (Phi) is 4.71. The number of sulfonamides is 1. The van der Waals surface area contributed by atoms with E-state index >= 15 is 0 Å². The van der Waals surface area contributed by atoms with E-state index in [2.05, 4.69) is 0 Å². The molecule has 0 radical (unpaired) electrons. The van der Waals surface area contributed by atoms with E-state index in [9.17, 15) is 23.3 Å².